The number of aliphatic hydroxyl groups is 1. The van der Waals surface area contributed by atoms with Gasteiger partial charge in [-0.25, -0.2) is 0 Å². The number of phenolic OH excluding ortho intramolecular Hbond substituents is 1. The fraction of sp³-hybridized carbons (Fsp3) is 0.455. The smallest absolute Gasteiger partial charge is 0.123 e. The van der Waals surface area contributed by atoms with Gasteiger partial charge < -0.3 is 19.7 Å². The summed E-state index contributed by atoms with van der Waals surface area (Å²) >= 11 is 0. The minimum Gasteiger partial charge on any atom is -0.508 e. The molecule has 0 spiro atoms. The molecule has 0 aromatic heterocycles. The zero-order valence-corrected chi connectivity index (χ0v) is 15.7. The van der Waals surface area contributed by atoms with E-state index in [-0.39, 0.29) is 6.10 Å². The Bertz CT molecular complexity index is 781. The highest BCUT2D eigenvalue weighted by Crippen LogP contribution is 2.33. The first-order valence-corrected chi connectivity index (χ1v) is 9.59. The van der Waals surface area contributed by atoms with Crippen LogP contribution in [0.5, 0.6) is 17.2 Å². The molecule has 0 saturated carbocycles. The second-order valence-corrected chi connectivity index (χ2v) is 7.79. The molecule has 0 bridgehead atoms. The summed E-state index contributed by atoms with van der Waals surface area (Å²) in [4.78, 5) is 2.37. The molecule has 0 amide bonds. The number of nitrogens with zero attached hydrogens (tertiary/aromatic N) is 1. The van der Waals surface area contributed by atoms with Crippen LogP contribution in [0.4, 0.5) is 0 Å². The minimum absolute atomic E-state index is 0.120. The summed E-state index contributed by atoms with van der Waals surface area (Å²) in [7, 11) is 1.66. The van der Waals surface area contributed by atoms with Gasteiger partial charge in [-0.2, -0.15) is 0 Å². The van der Waals surface area contributed by atoms with Crippen molar-refractivity contribution in [3.63, 3.8) is 0 Å². The Morgan fingerprint density at radius 2 is 1.89 bits per heavy atom. The highest BCUT2D eigenvalue weighted by molar-refractivity contribution is 5.42. The number of phenols is 1. The molecule has 144 valence electrons. The van der Waals surface area contributed by atoms with Crippen LogP contribution in [0, 0.1) is 0 Å². The van der Waals surface area contributed by atoms with Gasteiger partial charge in [0.15, 0.2) is 0 Å². The molecule has 1 unspecified atom stereocenters. The van der Waals surface area contributed by atoms with Crippen molar-refractivity contribution in [2.45, 2.75) is 37.4 Å². The van der Waals surface area contributed by atoms with Crippen LogP contribution in [0.15, 0.2) is 42.5 Å². The van der Waals surface area contributed by atoms with Crippen LogP contribution in [-0.2, 0) is 12.8 Å². The summed E-state index contributed by atoms with van der Waals surface area (Å²) in [5, 5.41) is 20.6. The molecular formula is C22H27NO4. The minimum atomic E-state index is -0.642. The van der Waals surface area contributed by atoms with Crippen LogP contribution in [-0.4, -0.2) is 53.6 Å². The summed E-state index contributed by atoms with van der Waals surface area (Å²) in [5.41, 5.74) is 1.57. The summed E-state index contributed by atoms with van der Waals surface area (Å²) in [6, 6.07) is 13.3. The Labute approximate surface area is 160 Å². The number of methoxy groups -OCH3 is 1. The van der Waals surface area contributed by atoms with Gasteiger partial charge in [0.25, 0.3) is 0 Å². The maximum atomic E-state index is 11.0. The van der Waals surface area contributed by atoms with Crippen molar-refractivity contribution in [2.24, 2.45) is 0 Å². The number of aromatic hydroxyl groups is 1. The molecule has 5 nitrogen and oxygen atoms in total. The zero-order valence-electron chi connectivity index (χ0n) is 15.7. The number of likely N-dealkylation sites (tertiary alicyclic amines) is 1. The molecule has 2 aromatic carbocycles. The number of piperidine rings is 1. The largest absolute Gasteiger partial charge is 0.508 e. The number of ether oxygens (including phenoxy) is 2. The van der Waals surface area contributed by atoms with Crippen LogP contribution in [0.2, 0.25) is 0 Å². The highest BCUT2D eigenvalue weighted by atomic mass is 16.5. The van der Waals surface area contributed by atoms with Gasteiger partial charge in [0.2, 0.25) is 0 Å². The van der Waals surface area contributed by atoms with E-state index in [1.54, 1.807) is 19.2 Å². The molecular weight excluding hydrogens is 342 g/mol. The Morgan fingerprint density at radius 3 is 2.59 bits per heavy atom. The molecule has 1 atom stereocenters. The molecule has 4 rings (SSSR count). The van der Waals surface area contributed by atoms with Crippen molar-refractivity contribution in [3.8, 4) is 17.2 Å². The summed E-state index contributed by atoms with van der Waals surface area (Å²) in [6.07, 6.45) is 3.15. The van der Waals surface area contributed by atoms with E-state index in [9.17, 15) is 10.2 Å². The number of hydrogen-bond donors (Lipinski definition) is 2. The third-order valence-electron chi connectivity index (χ3n) is 5.73. The molecule has 2 aliphatic rings. The average molecular weight is 369 g/mol. The van der Waals surface area contributed by atoms with E-state index >= 15 is 0 Å². The number of hydrogen-bond acceptors (Lipinski definition) is 5. The van der Waals surface area contributed by atoms with E-state index in [0.29, 0.717) is 12.2 Å². The lowest BCUT2D eigenvalue weighted by Gasteiger charge is -2.39. The normalized spacial score (nSPS) is 21.5. The lowest BCUT2D eigenvalue weighted by atomic mass is 9.85. The maximum Gasteiger partial charge on any atom is 0.123 e. The van der Waals surface area contributed by atoms with Crippen molar-refractivity contribution in [1.29, 1.82) is 0 Å². The van der Waals surface area contributed by atoms with Gasteiger partial charge in [-0.3, -0.25) is 4.90 Å². The Hall–Kier alpha value is -2.24. The van der Waals surface area contributed by atoms with E-state index in [1.165, 1.54) is 0 Å². The van der Waals surface area contributed by atoms with Gasteiger partial charge in [0, 0.05) is 38.0 Å². The number of rotatable bonds is 5. The van der Waals surface area contributed by atoms with Gasteiger partial charge in [0.05, 0.1) is 12.7 Å². The highest BCUT2D eigenvalue weighted by Gasteiger charge is 2.34. The topological polar surface area (TPSA) is 62.2 Å². The van der Waals surface area contributed by atoms with E-state index < -0.39 is 5.60 Å². The predicted octanol–water partition coefficient (Wildman–Crippen LogP) is 2.77. The van der Waals surface area contributed by atoms with E-state index in [2.05, 4.69) is 4.90 Å². The molecule has 2 aromatic rings. The standard InChI is InChI=1S/C22H27NO4/c1-26-19-5-2-16(3-6-19)14-22(25)8-10-23(11-9-22)15-20-13-17-12-18(24)4-7-21(17)27-20/h2-7,12,20,24-25H,8-11,13-15H2,1H3. The summed E-state index contributed by atoms with van der Waals surface area (Å²) in [5.74, 6) is 2.01. The quantitative estimate of drug-likeness (QED) is 0.849. The third-order valence-corrected chi connectivity index (χ3v) is 5.73. The molecule has 5 heteroatoms. The lowest BCUT2D eigenvalue weighted by molar-refractivity contribution is -0.0265. The van der Waals surface area contributed by atoms with Gasteiger partial charge in [-0.05, 0) is 48.7 Å². The summed E-state index contributed by atoms with van der Waals surface area (Å²) < 4.78 is 11.2. The van der Waals surface area contributed by atoms with Gasteiger partial charge >= 0.3 is 0 Å². The van der Waals surface area contributed by atoms with Gasteiger partial charge in [-0.1, -0.05) is 12.1 Å². The van der Waals surface area contributed by atoms with Crippen LogP contribution in [0.1, 0.15) is 24.0 Å². The van der Waals surface area contributed by atoms with Crippen molar-refractivity contribution in [1.82, 2.24) is 4.90 Å². The summed E-state index contributed by atoms with van der Waals surface area (Å²) in [6.45, 7) is 2.59. The monoisotopic (exact) mass is 369 g/mol. The van der Waals surface area contributed by atoms with Crippen LogP contribution >= 0.6 is 0 Å². The molecule has 1 fully saturated rings. The first kappa shape index (κ1) is 18.1. The molecule has 27 heavy (non-hydrogen) atoms. The second kappa shape index (κ2) is 7.41. The fourth-order valence-corrected chi connectivity index (χ4v) is 4.15. The lowest BCUT2D eigenvalue weighted by Crippen LogP contribution is -2.48. The Morgan fingerprint density at radius 1 is 1.15 bits per heavy atom. The molecule has 2 aliphatic heterocycles. The maximum absolute atomic E-state index is 11.0. The van der Waals surface area contributed by atoms with E-state index in [4.69, 9.17) is 9.47 Å². The molecule has 2 N–H and O–H groups in total. The predicted molar refractivity (Wildman–Crippen MR) is 104 cm³/mol. The van der Waals surface area contributed by atoms with Crippen LogP contribution < -0.4 is 9.47 Å². The SMILES string of the molecule is COc1ccc(CC2(O)CCN(CC3Cc4cc(O)ccc4O3)CC2)cc1. The van der Waals surface area contributed by atoms with Crippen LogP contribution in [0.3, 0.4) is 0 Å². The van der Waals surface area contributed by atoms with Gasteiger partial charge in [0.1, 0.15) is 23.4 Å². The number of benzene rings is 2. The van der Waals surface area contributed by atoms with Crippen LogP contribution in [0.25, 0.3) is 0 Å². The average Bonchev–Trinajstić information content (AvgIpc) is 3.06. The van der Waals surface area contributed by atoms with Crippen molar-refractivity contribution < 1.29 is 19.7 Å². The second-order valence-electron chi connectivity index (χ2n) is 7.79. The molecule has 0 aliphatic carbocycles. The fourth-order valence-electron chi connectivity index (χ4n) is 4.15. The first-order valence-electron chi connectivity index (χ1n) is 9.59. The first-order chi connectivity index (χ1) is 13.0. The third kappa shape index (κ3) is 4.20. The molecule has 0 radical (unpaired) electrons. The van der Waals surface area contributed by atoms with Crippen molar-refractivity contribution >= 4 is 0 Å². The Kier molecular flexibility index (Phi) is 4.98. The van der Waals surface area contributed by atoms with E-state index in [0.717, 1.165) is 61.5 Å². The number of fused-ring (bicyclic) bond motifs is 1. The molecule has 1 saturated heterocycles. The van der Waals surface area contributed by atoms with Crippen molar-refractivity contribution in [2.75, 3.05) is 26.7 Å². The zero-order chi connectivity index (χ0) is 18.9. The Balaban J connectivity index is 1.28. The van der Waals surface area contributed by atoms with Crippen molar-refractivity contribution in [3.05, 3.63) is 53.6 Å². The van der Waals surface area contributed by atoms with E-state index in [1.807, 2.05) is 30.3 Å². The van der Waals surface area contributed by atoms with Gasteiger partial charge in [-0.15, -0.1) is 0 Å². The molecule has 2 heterocycles.